The Balaban J connectivity index is 3.07. The van der Waals surface area contributed by atoms with Gasteiger partial charge >= 0.3 is 0 Å². The van der Waals surface area contributed by atoms with E-state index in [1.54, 1.807) is 6.07 Å². The largest absolute Gasteiger partial charge is 0.329 e. The van der Waals surface area contributed by atoms with Gasteiger partial charge in [-0.05, 0) is 24.7 Å². The Labute approximate surface area is 107 Å². The van der Waals surface area contributed by atoms with Gasteiger partial charge < -0.3 is 5.73 Å². The van der Waals surface area contributed by atoms with Gasteiger partial charge in [0, 0.05) is 12.6 Å². The third-order valence-electron chi connectivity index (χ3n) is 2.82. The first-order valence-corrected chi connectivity index (χ1v) is 6.29. The molecule has 0 aromatic heterocycles. The minimum atomic E-state index is 0.140. The highest BCUT2D eigenvalue weighted by atomic mass is 35.5. The smallest absolute Gasteiger partial charge is 0.0640 e. The molecule has 0 saturated carbocycles. The summed E-state index contributed by atoms with van der Waals surface area (Å²) in [5, 5.41) is 1.20. The lowest BCUT2D eigenvalue weighted by atomic mass is 10.1. The van der Waals surface area contributed by atoms with Gasteiger partial charge in [-0.15, -0.1) is 0 Å². The summed E-state index contributed by atoms with van der Waals surface area (Å²) in [7, 11) is 0. The number of hydrogen-bond donors (Lipinski definition) is 1. The Kier molecular flexibility index (Phi) is 5.56. The summed E-state index contributed by atoms with van der Waals surface area (Å²) in [6.45, 7) is 6.67. The van der Waals surface area contributed by atoms with Crippen LogP contribution in [0.4, 0.5) is 0 Å². The number of hydrogen-bond acceptors (Lipinski definition) is 2. The monoisotopic (exact) mass is 260 g/mol. The summed E-state index contributed by atoms with van der Waals surface area (Å²) >= 11 is 12.2. The molecular weight excluding hydrogens is 243 g/mol. The van der Waals surface area contributed by atoms with Crippen molar-refractivity contribution in [2.45, 2.75) is 19.9 Å². The summed E-state index contributed by atoms with van der Waals surface area (Å²) in [4.78, 5) is 2.28. The van der Waals surface area contributed by atoms with Crippen LogP contribution in [-0.2, 0) is 0 Å². The molecule has 0 radical (unpaired) electrons. The van der Waals surface area contributed by atoms with Crippen LogP contribution in [0.3, 0.4) is 0 Å². The molecule has 0 fully saturated rings. The van der Waals surface area contributed by atoms with Crippen molar-refractivity contribution in [1.82, 2.24) is 4.90 Å². The first-order chi connectivity index (χ1) is 7.65. The number of rotatable bonds is 5. The van der Waals surface area contributed by atoms with Crippen molar-refractivity contribution in [3.63, 3.8) is 0 Å². The highest BCUT2D eigenvalue weighted by Gasteiger charge is 2.19. The van der Waals surface area contributed by atoms with Crippen LogP contribution in [-0.4, -0.2) is 24.5 Å². The summed E-state index contributed by atoms with van der Waals surface area (Å²) in [6.07, 6.45) is 0. The predicted molar refractivity (Wildman–Crippen MR) is 71.2 cm³/mol. The molecule has 1 aromatic rings. The number of likely N-dealkylation sites (N-methyl/N-ethyl adjacent to an activating group) is 1. The lowest BCUT2D eigenvalue weighted by molar-refractivity contribution is 0.224. The maximum absolute atomic E-state index is 6.21. The third-order valence-corrected chi connectivity index (χ3v) is 3.65. The first kappa shape index (κ1) is 13.8. The lowest BCUT2D eigenvalue weighted by Crippen LogP contribution is -2.33. The van der Waals surface area contributed by atoms with Gasteiger partial charge in [0.15, 0.2) is 0 Å². The average molecular weight is 261 g/mol. The van der Waals surface area contributed by atoms with E-state index in [0.29, 0.717) is 16.6 Å². The Morgan fingerprint density at radius 1 is 1.25 bits per heavy atom. The zero-order valence-corrected chi connectivity index (χ0v) is 11.2. The normalized spacial score (nSPS) is 13.1. The van der Waals surface area contributed by atoms with Crippen LogP contribution in [0.1, 0.15) is 25.5 Å². The van der Waals surface area contributed by atoms with Crippen LogP contribution in [0.15, 0.2) is 18.2 Å². The molecule has 1 aromatic carbocycles. The van der Waals surface area contributed by atoms with Gasteiger partial charge in [-0.25, -0.2) is 0 Å². The molecule has 0 aliphatic heterocycles. The van der Waals surface area contributed by atoms with Gasteiger partial charge in [0.05, 0.1) is 10.0 Å². The van der Waals surface area contributed by atoms with Crippen LogP contribution < -0.4 is 5.73 Å². The van der Waals surface area contributed by atoms with E-state index in [0.717, 1.165) is 18.7 Å². The van der Waals surface area contributed by atoms with Crippen LogP contribution in [0, 0.1) is 0 Å². The molecule has 0 amide bonds. The second kappa shape index (κ2) is 6.45. The fourth-order valence-corrected chi connectivity index (χ4v) is 2.35. The number of benzene rings is 1. The Hall–Kier alpha value is -0.280. The maximum Gasteiger partial charge on any atom is 0.0640 e. The quantitative estimate of drug-likeness (QED) is 0.880. The molecule has 1 atom stereocenters. The molecule has 0 heterocycles. The fourth-order valence-electron chi connectivity index (χ4n) is 1.91. The molecule has 0 bridgehead atoms. The molecular formula is C12H18Cl2N2. The van der Waals surface area contributed by atoms with Crippen molar-refractivity contribution in [3.05, 3.63) is 33.8 Å². The second-order valence-electron chi connectivity index (χ2n) is 3.62. The summed E-state index contributed by atoms with van der Waals surface area (Å²) in [5.41, 5.74) is 6.85. The van der Waals surface area contributed by atoms with E-state index in [2.05, 4.69) is 18.7 Å². The van der Waals surface area contributed by atoms with Gasteiger partial charge in [0.1, 0.15) is 0 Å². The molecule has 1 rings (SSSR count). The van der Waals surface area contributed by atoms with Crippen molar-refractivity contribution in [3.8, 4) is 0 Å². The van der Waals surface area contributed by atoms with E-state index in [4.69, 9.17) is 28.9 Å². The molecule has 90 valence electrons. The molecule has 0 aliphatic carbocycles. The van der Waals surface area contributed by atoms with Gasteiger partial charge in [0.25, 0.3) is 0 Å². The van der Waals surface area contributed by atoms with Gasteiger partial charge in [-0.3, -0.25) is 4.90 Å². The van der Waals surface area contributed by atoms with E-state index in [1.165, 1.54) is 0 Å². The maximum atomic E-state index is 6.21. The summed E-state index contributed by atoms with van der Waals surface area (Å²) in [5.74, 6) is 0. The number of nitrogens with two attached hydrogens (primary N) is 1. The fraction of sp³-hybridized carbons (Fsp3) is 0.500. The van der Waals surface area contributed by atoms with Crippen molar-refractivity contribution in [1.29, 1.82) is 0 Å². The van der Waals surface area contributed by atoms with E-state index >= 15 is 0 Å². The van der Waals surface area contributed by atoms with Crippen LogP contribution in [0.25, 0.3) is 0 Å². The Bertz CT molecular complexity index is 338. The van der Waals surface area contributed by atoms with Crippen molar-refractivity contribution in [2.24, 2.45) is 5.73 Å². The number of halogens is 2. The lowest BCUT2D eigenvalue weighted by Gasteiger charge is -2.29. The van der Waals surface area contributed by atoms with E-state index < -0.39 is 0 Å². The van der Waals surface area contributed by atoms with E-state index in [-0.39, 0.29) is 6.04 Å². The van der Waals surface area contributed by atoms with Crippen LogP contribution in [0.2, 0.25) is 10.0 Å². The summed E-state index contributed by atoms with van der Waals surface area (Å²) in [6, 6.07) is 5.84. The molecule has 2 N–H and O–H groups in total. The molecule has 2 nitrogen and oxygen atoms in total. The highest BCUT2D eigenvalue weighted by Crippen LogP contribution is 2.32. The second-order valence-corrected chi connectivity index (χ2v) is 4.40. The molecule has 0 spiro atoms. The van der Waals surface area contributed by atoms with Crippen molar-refractivity contribution >= 4 is 23.2 Å². The zero-order valence-electron chi connectivity index (χ0n) is 9.71. The molecule has 1 unspecified atom stereocenters. The van der Waals surface area contributed by atoms with Crippen LogP contribution in [0.5, 0.6) is 0 Å². The van der Waals surface area contributed by atoms with Crippen molar-refractivity contribution < 1.29 is 0 Å². The number of nitrogens with zero attached hydrogens (tertiary/aromatic N) is 1. The topological polar surface area (TPSA) is 29.3 Å². The minimum absolute atomic E-state index is 0.140. The van der Waals surface area contributed by atoms with Gasteiger partial charge in [-0.1, -0.05) is 49.2 Å². The Morgan fingerprint density at radius 2 is 1.88 bits per heavy atom. The van der Waals surface area contributed by atoms with Crippen LogP contribution >= 0.6 is 23.2 Å². The Morgan fingerprint density at radius 3 is 2.38 bits per heavy atom. The predicted octanol–water partition coefficient (Wildman–Crippen LogP) is 3.34. The van der Waals surface area contributed by atoms with E-state index in [1.807, 2.05) is 12.1 Å². The average Bonchev–Trinajstić information content (AvgIpc) is 2.30. The zero-order chi connectivity index (χ0) is 12.1. The van der Waals surface area contributed by atoms with Crippen molar-refractivity contribution in [2.75, 3.05) is 19.6 Å². The minimum Gasteiger partial charge on any atom is -0.329 e. The molecule has 4 heteroatoms. The third kappa shape index (κ3) is 2.89. The molecule has 0 aliphatic rings. The van der Waals surface area contributed by atoms with Gasteiger partial charge in [-0.2, -0.15) is 0 Å². The van der Waals surface area contributed by atoms with Gasteiger partial charge in [0.2, 0.25) is 0 Å². The first-order valence-electron chi connectivity index (χ1n) is 5.53. The summed E-state index contributed by atoms with van der Waals surface area (Å²) < 4.78 is 0. The highest BCUT2D eigenvalue weighted by molar-refractivity contribution is 6.42. The SMILES string of the molecule is CCN(CC)C(CN)c1cccc(Cl)c1Cl. The molecule has 0 saturated heterocycles. The molecule has 16 heavy (non-hydrogen) atoms. The standard InChI is InChI=1S/C12H18Cl2N2/c1-3-16(4-2)11(8-15)9-6-5-7-10(13)12(9)14/h5-7,11H,3-4,8,15H2,1-2H3. The van der Waals surface area contributed by atoms with E-state index in [9.17, 15) is 0 Å².